The predicted octanol–water partition coefficient (Wildman–Crippen LogP) is 3.41. The fourth-order valence-corrected chi connectivity index (χ4v) is 3.25. The standard InChI is InChI=1S/C19H15N3O6S/c1-27-15-7-6-12(22(25)26)10-14(15)20-17(23)11-28-19(24)9-8-18-21-13-4-2-3-5-16(13)29-18/h2-10H,11H2,1H3,(H,20,23)/b9-8+. The zero-order valence-corrected chi connectivity index (χ0v) is 16.0. The van der Waals surface area contributed by atoms with E-state index >= 15 is 0 Å². The van der Waals surface area contributed by atoms with Gasteiger partial charge in [-0.05, 0) is 24.3 Å². The molecule has 0 unspecified atom stereocenters. The second kappa shape index (κ2) is 8.93. The average molecular weight is 413 g/mol. The van der Waals surface area contributed by atoms with Crippen LogP contribution < -0.4 is 10.1 Å². The van der Waals surface area contributed by atoms with Crippen LogP contribution in [0.1, 0.15) is 5.01 Å². The molecule has 29 heavy (non-hydrogen) atoms. The highest BCUT2D eigenvalue weighted by molar-refractivity contribution is 7.19. The van der Waals surface area contributed by atoms with Gasteiger partial charge in [0.1, 0.15) is 10.8 Å². The maximum absolute atomic E-state index is 12.0. The summed E-state index contributed by atoms with van der Waals surface area (Å²) in [7, 11) is 1.36. The van der Waals surface area contributed by atoms with Crippen LogP contribution in [-0.2, 0) is 14.3 Å². The SMILES string of the molecule is COc1ccc([N+](=O)[O-])cc1NC(=O)COC(=O)/C=C/c1nc2ccccc2s1. The monoisotopic (exact) mass is 413 g/mol. The van der Waals surface area contributed by atoms with Crippen molar-refractivity contribution in [3.8, 4) is 5.75 Å². The highest BCUT2D eigenvalue weighted by Gasteiger charge is 2.14. The van der Waals surface area contributed by atoms with Crippen LogP contribution in [0.5, 0.6) is 5.75 Å². The maximum atomic E-state index is 12.0. The third-order valence-electron chi connectivity index (χ3n) is 3.69. The van der Waals surface area contributed by atoms with Gasteiger partial charge in [0.2, 0.25) is 0 Å². The number of amides is 1. The highest BCUT2D eigenvalue weighted by atomic mass is 32.1. The smallest absolute Gasteiger partial charge is 0.331 e. The zero-order chi connectivity index (χ0) is 20.8. The summed E-state index contributed by atoms with van der Waals surface area (Å²) in [6, 6.07) is 11.3. The Hall–Kier alpha value is -3.79. The molecule has 3 rings (SSSR count). The molecule has 1 N–H and O–H groups in total. The van der Waals surface area contributed by atoms with Crippen molar-refractivity contribution in [3.05, 3.63) is 63.7 Å². The van der Waals surface area contributed by atoms with Gasteiger partial charge in [-0.2, -0.15) is 0 Å². The lowest BCUT2D eigenvalue weighted by atomic mass is 10.2. The number of thiazole rings is 1. The van der Waals surface area contributed by atoms with Crippen molar-refractivity contribution in [1.29, 1.82) is 0 Å². The Morgan fingerprint density at radius 3 is 2.79 bits per heavy atom. The predicted molar refractivity (Wildman–Crippen MR) is 108 cm³/mol. The zero-order valence-electron chi connectivity index (χ0n) is 15.2. The molecule has 0 fully saturated rings. The van der Waals surface area contributed by atoms with Crippen LogP contribution in [-0.4, -0.2) is 35.5 Å². The summed E-state index contributed by atoms with van der Waals surface area (Å²) in [5.74, 6) is -1.14. The number of nitro benzene ring substituents is 1. The van der Waals surface area contributed by atoms with E-state index in [0.717, 1.165) is 16.3 Å². The average Bonchev–Trinajstić information content (AvgIpc) is 3.13. The first kappa shape index (κ1) is 20.0. The maximum Gasteiger partial charge on any atom is 0.331 e. The van der Waals surface area contributed by atoms with E-state index in [1.807, 2.05) is 24.3 Å². The minimum absolute atomic E-state index is 0.104. The lowest BCUT2D eigenvalue weighted by Gasteiger charge is -2.09. The number of hydrogen-bond acceptors (Lipinski definition) is 8. The number of hydrogen-bond donors (Lipinski definition) is 1. The molecule has 9 nitrogen and oxygen atoms in total. The molecular weight excluding hydrogens is 398 g/mol. The molecule has 0 aliphatic heterocycles. The van der Waals surface area contributed by atoms with Crippen LogP contribution >= 0.6 is 11.3 Å². The molecule has 0 spiro atoms. The number of carbonyl (C=O) groups is 2. The third-order valence-corrected chi connectivity index (χ3v) is 4.69. The minimum atomic E-state index is -0.717. The Labute approximate surface area is 168 Å². The van der Waals surface area contributed by atoms with Gasteiger partial charge < -0.3 is 14.8 Å². The number of anilines is 1. The first-order valence-electron chi connectivity index (χ1n) is 8.29. The molecule has 2 aromatic carbocycles. The number of aromatic nitrogens is 1. The number of nitrogens with zero attached hydrogens (tertiary/aromatic N) is 2. The van der Waals surface area contributed by atoms with Crippen molar-refractivity contribution in [2.75, 3.05) is 19.0 Å². The Kier molecular flexibility index (Phi) is 6.15. The molecule has 0 radical (unpaired) electrons. The van der Waals surface area contributed by atoms with Gasteiger partial charge in [0.05, 0.1) is 27.9 Å². The van der Waals surface area contributed by atoms with E-state index in [0.29, 0.717) is 5.01 Å². The number of ether oxygens (including phenoxy) is 2. The molecule has 1 heterocycles. The van der Waals surface area contributed by atoms with Gasteiger partial charge in [-0.1, -0.05) is 12.1 Å². The second-order valence-corrected chi connectivity index (χ2v) is 6.71. The topological polar surface area (TPSA) is 121 Å². The van der Waals surface area contributed by atoms with E-state index in [1.54, 1.807) is 0 Å². The molecular formula is C19H15N3O6S. The summed E-state index contributed by atoms with van der Waals surface area (Å²) >= 11 is 1.42. The summed E-state index contributed by atoms with van der Waals surface area (Å²) in [5, 5.41) is 13.9. The normalized spacial score (nSPS) is 10.8. The van der Waals surface area contributed by atoms with E-state index < -0.39 is 23.4 Å². The van der Waals surface area contributed by atoms with Gasteiger partial charge in [0.25, 0.3) is 11.6 Å². The number of esters is 1. The Bertz CT molecular complexity index is 1080. The van der Waals surface area contributed by atoms with E-state index in [1.165, 1.54) is 42.7 Å². The number of carbonyl (C=O) groups excluding carboxylic acids is 2. The Balaban J connectivity index is 1.57. The number of rotatable bonds is 7. The van der Waals surface area contributed by atoms with Crippen molar-refractivity contribution < 1.29 is 24.0 Å². The number of non-ortho nitro benzene ring substituents is 1. The van der Waals surface area contributed by atoms with Crippen molar-refractivity contribution in [3.63, 3.8) is 0 Å². The molecule has 1 amide bonds. The lowest BCUT2D eigenvalue weighted by Crippen LogP contribution is -2.20. The first-order valence-corrected chi connectivity index (χ1v) is 9.10. The summed E-state index contributed by atoms with van der Waals surface area (Å²) in [6.07, 6.45) is 2.69. The number of nitrogens with one attached hydrogen (secondary N) is 1. The fourth-order valence-electron chi connectivity index (χ4n) is 2.38. The van der Waals surface area contributed by atoms with Gasteiger partial charge >= 0.3 is 5.97 Å². The quantitative estimate of drug-likeness (QED) is 0.273. The van der Waals surface area contributed by atoms with Crippen LogP contribution in [0.4, 0.5) is 11.4 Å². The van der Waals surface area contributed by atoms with E-state index in [-0.39, 0.29) is 17.1 Å². The second-order valence-electron chi connectivity index (χ2n) is 5.65. The van der Waals surface area contributed by atoms with Crippen LogP contribution in [0.15, 0.2) is 48.5 Å². The summed E-state index contributed by atoms with van der Waals surface area (Å²) in [6.45, 7) is -0.561. The largest absolute Gasteiger partial charge is 0.495 e. The fraction of sp³-hybridized carbons (Fsp3) is 0.105. The summed E-state index contributed by atoms with van der Waals surface area (Å²) in [4.78, 5) is 38.5. The van der Waals surface area contributed by atoms with Crippen LogP contribution in [0.25, 0.3) is 16.3 Å². The Morgan fingerprint density at radius 1 is 1.28 bits per heavy atom. The van der Waals surface area contributed by atoms with E-state index in [9.17, 15) is 19.7 Å². The van der Waals surface area contributed by atoms with Crippen molar-refractivity contribution in [2.45, 2.75) is 0 Å². The molecule has 0 aliphatic rings. The first-order chi connectivity index (χ1) is 14.0. The lowest BCUT2D eigenvalue weighted by molar-refractivity contribution is -0.384. The molecule has 0 aliphatic carbocycles. The van der Waals surface area contributed by atoms with Gasteiger partial charge in [0, 0.05) is 18.2 Å². The van der Waals surface area contributed by atoms with Crippen LogP contribution in [0.2, 0.25) is 0 Å². The number of methoxy groups -OCH3 is 1. The number of fused-ring (bicyclic) bond motifs is 1. The molecule has 148 valence electrons. The van der Waals surface area contributed by atoms with Gasteiger partial charge in [-0.3, -0.25) is 14.9 Å². The highest BCUT2D eigenvalue weighted by Crippen LogP contribution is 2.28. The van der Waals surface area contributed by atoms with Gasteiger partial charge in [-0.15, -0.1) is 11.3 Å². The summed E-state index contributed by atoms with van der Waals surface area (Å²) < 4.78 is 10.9. The van der Waals surface area contributed by atoms with Crippen molar-refractivity contribution >= 4 is 50.9 Å². The molecule has 10 heteroatoms. The molecule has 0 saturated carbocycles. The van der Waals surface area contributed by atoms with Crippen molar-refractivity contribution in [1.82, 2.24) is 4.98 Å². The molecule has 0 atom stereocenters. The number of nitro groups is 1. The molecule has 0 bridgehead atoms. The van der Waals surface area contributed by atoms with Gasteiger partial charge in [0.15, 0.2) is 6.61 Å². The Morgan fingerprint density at radius 2 is 2.07 bits per heavy atom. The van der Waals surface area contributed by atoms with E-state index in [4.69, 9.17) is 9.47 Å². The van der Waals surface area contributed by atoms with Gasteiger partial charge in [-0.25, -0.2) is 9.78 Å². The molecule has 3 aromatic rings. The van der Waals surface area contributed by atoms with E-state index in [2.05, 4.69) is 10.3 Å². The third kappa shape index (κ3) is 5.14. The summed E-state index contributed by atoms with van der Waals surface area (Å²) in [5.41, 5.74) is 0.723. The number of benzene rings is 2. The van der Waals surface area contributed by atoms with Crippen LogP contribution in [0, 0.1) is 10.1 Å². The number of para-hydroxylation sites is 1. The van der Waals surface area contributed by atoms with Crippen LogP contribution in [0.3, 0.4) is 0 Å². The molecule has 1 aromatic heterocycles. The van der Waals surface area contributed by atoms with Crippen molar-refractivity contribution in [2.24, 2.45) is 0 Å². The molecule has 0 saturated heterocycles. The minimum Gasteiger partial charge on any atom is -0.495 e.